The number of nitrogens with one attached hydrogen (secondary N) is 1. The number of likely N-dealkylation sites (N-methyl/N-ethyl adjacent to an activating group) is 1. The number of nitrogens with zero attached hydrogens (tertiary/aromatic N) is 5. The molecule has 1 atom stereocenters. The summed E-state index contributed by atoms with van der Waals surface area (Å²) in [6.07, 6.45) is 1.59. The predicted molar refractivity (Wildman–Crippen MR) is 87.0 cm³/mol. The highest BCUT2D eigenvalue weighted by molar-refractivity contribution is 5.82. The zero-order chi connectivity index (χ0) is 16.2. The van der Waals surface area contributed by atoms with E-state index in [2.05, 4.69) is 26.2 Å². The molecule has 0 spiro atoms. The summed E-state index contributed by atoms with van der Waals surface area (Å²) in [7, 11) is 2.01. The van der Waals surface area contributed by atoms with Gasteiger partial charge < -0.3 is 15.1 Å². The van der Waals surface area contributed by atoms with Crippen LogP contribution in [0.25, 0.3) is 0 Å². The molecule has 2 aliphatic heterocycles. The van der Waals surface area contributed by atoms with Crippen molar-refractivity contribution in [2.45, 2.75) is 6.04 Å². The third-order valence-electron chi connectivity index (χ3n) is 4.59. The Bertz CT molecular complexity index is 588. The predicted octanol–water partition coefficient (Wildman–Crippen LogP) is -0.495. The lowest BCUT2D eigenvalue weighted by Crippen LogP contribution is -2.60. The lowest BCUT2D eigenvalue weighted by atomic mass is 10.1. The summed E-state index contributed by atoms with van der Waals surface area (Å²) in [6.45, 7) is 5.55. The third-order valence-corrected chi connectivity index (χ3v) is 4.59. The van der Waals surface area contributed by atoms with Crippen molar-refractivity contribution in [2.75, 3.05) is 57.8 Å². The second-order valence-corrected chi connectivity index (χ2v) is 6.03. The van der Waals surface area contributed by atoms with E-state index in [9.17, 15) is 4.79 Å². The fourth-order valence-corrected chi connectivity index (χ4v) is 3.09. The van der Waals surface area contributed by atoms with Gasteiger partial charge in [-0.2, -0.15) is 5.26 Å². The van der Waals surface area contributed by atoms with Crippen molar-refractivity contribution >= 4 is 11.7 Å². The molecule has 0 aliphatic carbocycles. The van der Waals surface area contributed by atoms with Crippen LogP contribution in [0.1, 0.15) is 5.56 Å². The molecule has 2 aliphatic rings. The molecule has 1 unspecified atom stereocenters. The number of amides is 1. The van der Waals surface area contributed by atoms with Gasteiger partial charge in [0.25, 0.3) is 0 Å². The normalized spacial score (nSPS) is 22.7. The Morgan fingerprint density at radius 3 is 2.70 bits per heavy atom. The smallest absolute Gasteiger partial charge is 0.241 e. The fraction of sp³-hybridized carbons (Fsp3) is 0.562. The maximum Gasteiger partial charge on any atom is 0.241 e. The first-order valence-corrected chi connectivity index (χ1v) is 8.00. The fourth-order valence-electron chi connectivity index (χ4n) is 3.09. The molecule has 2 saturated heterocycles. The van der Waals surface area contributed by atoms with Crippen LogP contribution < -0.4 is 10.2 Å². The Hall–Kier alpha value is -2.17. The van der Waals surface area contributed by atoms with Crippen LogP contribution in [-0.4, -0.2) is 79.6 Å². The average molecular weight is 314 g/mol. The van der Waals surface area contributed by atoms with Crippen LogP contribution in [-0.2, 0) is 4.79 Å². The first-order valence-electron chi connectivity index (χ1n) is 8.00. The Labute approximate surface area is 136 Å². The molecule has 0 saturated carbocycles. The summed E-state index contributed by atoms with van der Waals surface area (Å²) >= 11 is 0. The first-order chi connectivity index (χ1) is 11.2. The molecule has 1 aromatic rings. The summed E-state index contributed by atoms with van der Waals surface area (Å²) in [5.74, 6) is 1.08. The Morgan fingerprint density at radius 1 is 1.30 bits per heavy atom. The third kappa shape index (κ3) is 3.44. The van der Waals surface area contributed by atoms with Crippen LogP contribution in [0.3, 0.4) is 0 Å². The van der Waals surface area contributed by atoms with Crippen LogP contribution in [0.2, 0.25) is 0 Å². The highest BCUT2D eigenvalue weighted by Crippen LogP contribution is 2.15. The maximum absolute atomic E-state index is 12.7. The Morgan fingerprint density at radius 2 is 2.09 bits per heavy atom. The van der Waals surface area contributed by atoms with E-state index in [0.29, 0.717) is 18.7 Å². The van der Waals surface area contributed by atoms with Gasteiger partial charge >= 0.3 is 0 Å². The highest BCUT2D eigenvalue weighted by atomic mass is 16.2. The van der Waals surface area contributed by atoms with E-state index in [-0.39, 0.29) is 11.9 Å². The molecule has 122 valence electrons. The van der Waals surface area contributed by atoms with Crippen LogP contribution in [0.5, 0.6) is 0 Å². The van der Waals surface area contributed by atoms with Crippen LogP contribution in [0.15, 0.2) is 18.3 Å². The molecule has 1 amide bonds. The van der Waals surface area contributed by atoms with E-state index in [4.69, 9.17) is 5.26 Å². The van der Waals surface area contributed by atoms with Gasteiger partial charge in [-0.05, 0) is 19.2 Å². The molecule has 0 bridgehead atoms. The minimum atomic E-state index is -0.0525. The molecule has 0 radical (unpaired) electrons. The van der Waals surface area contributed by atoms with E-state index in [1.807, 2.05) is 18.0 Å². The summed E-state index contributed by atoms with van der Waals surface area (Å²) in [6, 6.07) is 5.67. The van der Waals surface area contributed by atoms with Gasteiger partial charge in [-0.1, -0.05) is 0 Å². The largest absolute Gasteiger partial charge is 0.353 e. The van der Waals surface area contributed by atoms with Crippen molar-refractivity contribution in [3.63, 3.8) is 0 Å². The lowest BCUT2D eigenvalue weighted by Gasteiger charge is -2.40. The Balaban J connectivity index is 1.57. The van der Waals surface area contributed by atoms with Crippen LogP contribution in [0.4, 0.5) is 5.82 Å². The van der Waals surface area contributed by atoms with Gasteiger partial charge in [0, 0.05) is 52.0 Å². The number of hydrogen-bond acceptors (Lipinski definition) is 6. The van der Waals surface area contributed by atoms with Gasteiger partial charge in [0.05, 0.1) is 5.56 Å². The molecule has 23 heavy (non-hydrogen) atoms. The lowest BCUT2D eigenvalue weighted by molar-refractivity contribution is -0.137. The first kappa shape index (κ1) is 15.7. The van der Waals surface area contributed by atoms with Crippen molar-refractivity contribution < 1.29 is 4.79 Å². The molecular weight excluding hydrogens is 292 g/mol. The van der Waals surface area contributed by atoms with Gasteiger partial charge in [-0.25, -0.2) is 4.98 Å². The van der Waals surface area contributed by atoms with Crippen molar-refractivity contribution in [3.8, 4) is 6.07 Å². The highest BCUT2D eigenvalue weighted by Gasteiger charge is 2.31. The van der Waals surface area contributed by atoms with Gasteiger partial charge in [0.1, 0.15) is 17.9 Å². The van der Waals surface area contributed by atoms with E-state index in [1.54, 1.807) is 12.3 Å². The number of pyridine rings is 1. The molecule has 7 heteroatoms. The zero-order valence-corrected chi connectivity index (χ0v) is 13.4. The van der Waals surface area contributed by atoms with Gasteiger partial charge in [0.2, 0.25) is 5.91 Å². The molecule has 7 nitrogen and oxygen atoms in total. The summed E-state index contributed by atoms with van der Waals surface area (Å²) in [4.78, 5) is 23.2. The minimum absolute atomic E-state index is 0.0525. The molecule has 1 N–H and O–H groups in total. The number of carbonyl (C=O) groups excluding carboxylic acids is 1. The SMILES string of the molecule is CN1CCNCC1C(=O)N1CCN(c2ccc(C#N)cn2)CC1. The number of piperazine rings is 2. The zero-order valence-electron chi connectivity index (χ0n) is 13.4. The summed E-state index contributed by atoms with van der Waals surface area (Å²) in [5.41, 5.74) is 0.565. The molecule has 2 fully saturated rings. The van der Waals surface area contributed by atoms with E-state index in [0.717, 1.165) is 38.5 Å². The molecule has 1 aromatic heterocycles. The number of anilines is 1. The molecule has 3 heterocycles. The van der Waals surface area contributed by atoms with Gasteiger partial charge in [0.15, 0.2) is 0 Å². The molecule has 3 rings (SSSR count). The van der Waals surface area contributed by atoms with Gasteiger partial charge in [-0.15, -0.1) is 0 Å². The summed E-state index contributed by atoms with van der Waals surface area (Å²) in [5, 5.41) is 12.1. The minimum Gasteiger partial charge on any atom is -0.353 e. The average Bonchev–Trinajstić information content (AvgIpc) is 2.62. The van der Waals surface area contributed by atoms with Crippen molar-refractivity contribution in [3.05, 3.63) is 23.9 Å². The van der Waals surface area contributed by atoms with Crippen LogP contribution in [0, 0.1) is 11.3 Å². The monoisotopic (exact) mass is 314 g/mol. The number of hydrogen-bond donors (Lipinski definition) is 1. The second-order valence-electron chi connectivity index (χ2n) is 6.03. The van der Waals surface area contributed by atoms with E-state index >= 15 is 0 Å². The van der Waals surface area contributed by atoms with Crippen LogP contribution >= 0.6 is 0 Å². The maximum atomic E-state index is 12.7. The van der Waals surface area contributed by atoms with E-state index < -0.39 is 0 Å². The Kier molecular flexibility index (Phi) is 4.74. The number of aromatic nitrogens is 1. The quantitative estimate of drug-likeness (QED) is 0.794. The van der Waals surface area contributed by atoms with Crippen molar-refractivity contribution in [1.82, 2.24) is 20.1 Å². The van der Waals surface area contributed by atoms with Crippen molar-refractivity contribution in [2.24, 2.45) is 0 Å². The second kappa shape index (κ2) is 6.94. The van der Waals surface area contributed by atoms with Crippen molar-refractivity contribution in [1.29, 1.82) is 5.26 Å². The van der Waals surface area contributed by atoms with E-state index in [1.165, 1.54) is 0 Å². The number of nitriles is 1. The standard InChI is InChI=1S/C16H22N6O/c1-20-5-4-18-12-14(20)16(23)22-8-6-21(7-9-22)15-3-2-13(10-17)11-19-15/h2-3,11,14,18H,4-9,12H2,1H3. The van der Waals surface area contributed by atoms with Gasteiger partial charge in [-0.3, -0.25) is 9.69 Å². The molecule has 0 aromatic carbocycles. The number of rotatable bonds is 2. The topological polar surface area (TPSA) is 75.5 Å². The number of carbonyl (C=O) groups is 1. The molecular formula is C16H22N6O. The summed E-state index contributed by atoms with van der Waals surface area (Å²) < 4.78 is 0.